The molecule has 0 aromatic heterocycles. The Hall–Kier alpha value is 6.45. The van der Waals surface area contributed by atoms with Crippen LogP contribution in [0.5, 0.6) is 0 Å². The molecule has 30 heavy (non-hydrogen) atoms. The summed E-state index contributed by atoms with van der Waals surface area (Å²) in [5.41, 5.74) is 0. The average molecular weight is 688 g/mol. The Morgan fingerprint density at radius 3 is 0.867 bits per heavy atom. The van der Waals surface area contributed by atoms with Gasteiger partial charge >= 0.3 is 0 Å². The van der Waals surface area contributed by atoms with Crippen LogP contribution >= 0.6 is 110 Å². The zero-order chi connectivity index (χ0) is 23.2. The molecule has 2 fully saturated rings. The van der Waals surface area contributed by atoms with Crippen molar-refractivity contribution in [2.24, 2.45) is 0 Å². The van der Waals surface area contributed by atoms with Gasteiger partial charge in [-0.1, -0.05) is 53.3 Å². The maximum Gasteiger partial charge on any atom is 0.0452 e. The van der Waals surface area contributed by atoms with Crippen molar-refractivity contribution in [3.05, 3.63) is 0 Å². The lowest BCUT2D eigenvalue weighted by molar-refractivity contribution is 2.03. The molecule has 9 atom stereocenters. The van der Waals surface area contributed by atoms with E-state index >= 15 is 0 Å². The standard InChI is InChI=1S/C15H43P15/c1-16(2)23-15-24(17(3)4)27(19(7)8)30(22(13)14)29(21(11)12)25(15)28(20(9)10)26(23)18(5)6/h15H,1-14H3. The molecule has 0 aliphatic carbocycles. The molecule has 15 heteroatoms. The van der Waals surface area contributed by atoms with E-state index in [9.17, 15) is 0 Å². The Balaban J connectivity index is 2.82. The molecular weight excluding hydrogens is 645 g/mol. The molecule has 2 aliphatic heterocycles. The molecule has 2 saturated heterocycles. The fraction of sp³-hybridized carbons (Fsp3) is 1.00. The normalized spacial score (nSPS) is 40.1. The molecule has 0 bridgehead atoms. The topological polar surface area (TPSA) is 0 Å². The number of hydrogen-bond acceptors (Lipinski definition) is 0. The monoisotopic (exact) mass is 688 g/mol. The van der Waals surface area contributed by atoms with Crippen LogP contribution in [0, 0.1) is 0 Å². The van der Waals surface area contributed by atoms with Crippen LogP contribution in [0.1, 0.15) is 0 Å². The summed E-state index contributed by atoms with van der Waals surface area (Å²) in [6, 6.07) is 0. The molecule has 178 valence electrons. The second-order valence-corrected chi connectivity index (χ2v) is 87.4. The molecule has 0 aromatic rings. The van der Waals surface area contributed by atoms with E-state index in [0.29, 0.717) is 110 Å². The fourth-order valence-electron chi connectivity index (χ4n) is 3.54. The van der Waals surface area contributed by atoms with E-state index in [1.165, 1.54) is 5.14 Å². The Morgan fingerprint density at radius 2 is 0.600 bits per heavy atom. The summed E-state index contributed by atoms with van der Waals surface area (Å²) in [6.45, 7) is 40.7. The van der Waals surface area contributed by atoms with Crippen molar-refractivity contribution in [1.29, 1.82) is 0 Å². The molecule has 9 unspecified atom stereocenters. The highest BCUT2D eigenvalue weighted by Crippen LogP contribution is 3.40. The second-order valence-electron chi connectivity index (χ2n) is 8.58. The minimum atomic E-state index is 0.292. The van der Waals surface area contributed by atoms with Crippen LogP contribution < -0.4 is 0 Å². The lowest BCUT2D eigenvalue weighted by atomic mass is 11.9. The first-order valence-electron chi connectivity index (χ1n) is 9.84. The fourth-order valence-corrected chi connectivity index (χ4v) is 289. The van der Waals surface area contributed by atoms with Gasteiger partial charge in [-0.05, 0) is 150 Å². The van der Waals surface area contributed by atoms with E-state index in [4.69, 9.17) is 0 Å². The van der Waals surface area contributed by atoms with Gasteiger partial charge in [-0.2, -0.15) is 0 Å². The largest absolute Gasteiger partial charge is 0.0811 e. The summed E-state index contributed by atoms with van der Waals surface area (Å²) in [4.78, 5) is 0. The van der Waals surface area contributed by atoms with Crippen molar-refractivity contribution in [3.8, 4) is 0 Å². The van der Waals surface area contributed by atoms with Crippen LogP contribution in [0.2, 0.25) is 0 Å². The lowest BCUT2D eigenvalue weighted by Gasteiger charge is -2.57. The third kappa shape index (κ3) is 6.95. The number of fused-ring (bicyclic) bond motifs is 1. The molecule has 0 aromatic carbocycles. The highest BCUT2D eigenvalue weighted by atomic mass is 33.3. The molecule has 2 aliphatic rings. The molecular formula is C15H43P15. The van der Waals surface area contributed by atoms with Gasteiger partial charge < -0.3 is 0 Å². The van der Waals surface area contributed by atoms with Gasteiger partial charge in [0.1, 0.15) is 0 Å². The van der Waals surface area contributed by atoms with Crippen molar-refractivity contribution in [2.45, 2.75) is 5.14 Å². The molecule has 0 nitrogen and oxygen atoms in total. The van der Waals surface area contributed by atoms with Gasteiger partial charge in [-0.3, -0.25) is 0 Å². The van der Waals surface area contributed by atoms with Gasteiger partial charge in [-0.25, -0.2) is 0 Å². The summed E-state index contributed by atoms with van der Waals surface area (Å²) in [7, 11) is 3.34. The molecule has 2 rings (SSSR count). The zero-order valence-corrected chi connectivity index (χ0v) is 34.7. The van der Waals surface area contributed by atoms with E-state index in [2.05, 4.69) is 93.3 Å². The Bertz CT molecular complexity index is 508. The van der Waals surface area contributed by atoms with E-state index in [1.807, 2.05) is 0 Å². The highest BCUT2D eigenvalue weighted by molar-refractivity contribution is 9.31. The molecule has 0 spiro atoms. The highest BCUT2D eigenvalue weighted by Gasteiger charge is 2.65. The number of rotatable bonds is 7. The summed E-state index contributed by atoms with van der Waals surface area (Å²) in [5, 5.41) is 1.37. The maximum absolute atomic E-state index is 2.77. The van der Waals surface area contributed by atoms with E-state index < -0.39 is 0 Å². The van der Waals surface area contributed by atoms with Gasteiger partial charge in [-0.15, -0.1) is 0 Å². The first-order chi connectivity index (χ1) is 13.7. The van der Waals surface area contributed by atoms with E-state index in [1.54, 1.807) is 0 Å². The van der Waals surface area contributed by atoms with Crippen LogP contribution in [0.3, 0.4) is 0 Å². The zero-order valence-electron chi connectivity index (χ0n) is 21.3. The first kappa shape index (κ1) is 32.7. The Morgan fingerprint density at radius 1 is 0.333 bits per heavy atom. The van der Waals surface area contributed by atoms with Crippen LogP contribution in [0.15, 0.2) is 0 Å². The van der Waals surface area contributed by atoms with Crippen molar-refractivity contribution in [1.82, 2.24) is 0 Å². The van der Waals surface area contributed by atoms with Crippen LogP contribution in [0.4, 0.5) is 0 Å². The van der Waals surface area contributed by atoms with Gasteiger partial charge in [0.25, 0.3) is 0 Å². The van der Waals surface area contributed by atoms with Crippen LogP contribution in [-0.2, 0) is 0 Å². The van der Waals surface area contributed by atoms with Crippen LogP contribution in [-0.4, -0.2) is 98.4 Å². The minimum absolute atomic E-state index is 0.292. The predicted octanol–water partition coefficient (Wildman–Crippen LogP) is 15.2. The summed E-state index contributed by atoms with van der Waals surface area (Å²) in [6.07, 6.45) is 0. The predicted molar refractivity (Wildman–Crippen MR) is 191 cm³/mol. The first-order valence-corrected chi connectivity index (χ1v) is 46.3. The van der Waals surface area contributed by atoms with Gasteiger partial charge in [0, 0.05) is 5.14 Å². The van der Waals surface area contributed by atoms with Crippen molar-refractivity contribution >= 4 is 110 Å². The summed E-state index contributed by atoms with van der Waals surface area (Å²) >= 11 is 0. The smallest absolute Gasteiger partial charge is 0.0452 e. The average Bonchev–Trinajstić information content (AvgIpc) is 2.94. The van der Waals surface area contributed by atoms with Gasteiger partial charge in [0.2, 0.25) is 0 Å². The van der Waals surface area contributed by atoms with E-state index in [-0.39, 0.29) is 0 Å². The quantitative estimate of drug-likeness (QED) is 0.234. The second kappa shape index (κ2) is 14.2. The molecule has 0 saturated carbocycles. The third-order valence-corrected chi connectivity index (χ3v) is 155. The molecule has 0 N–H and O–H groups in total. The van der Waals surface area contributed by atoms with Crippen molar-refractivity contribution in [3.63, 3.8) is 0 Å². The minimum Gasteiger partial charge on any atom is -0.0811 e. The van der Waals surface area contributed by atoms with Crippen molar-refractivity contribution < 1.29 is 0 Å². The van der Waals surface area contributed by atoms with Crippen LogP contribution in [0.25, 0.3) is 0 Å². The number of hydrogen-bond donors (Lipinski definition) is 0. The Labute approximate surface area is 207 Å². The Kier molecular flexibility index (Phi) is 15.4. The van der Waals surface area contributed by atoms with Gasteiger partial charge in [0.05, 0.1) is 0 Å². The summed E-state index contributed by atoms with van der Waals surface area (Å²) in [5.74, 6) is 0. The molecule has 2 heterocycles. The summed E-state index contributed by atoms with van der Waals surface area (Å²) < 4.78 is 0. The lowest BCUT2D eigenvalue weighted by Crippen LogP contribution is -1.96. The van der Waals surface area contributed by atoms with Crippen molar-refractivity contribution in [2.75, 3.05) is 93.3 Å². The molecule has 0 amide bonds. The SMILES string of the molecule is CP(C)P1C2P(P(C)C)P(P(C)C)P(P(C)C)P(P(C)C)P2P(P(C)C)P1P(C)C. The van der Waals surface area contributed by atoms with E-state index in [0.717, 1.165) is 0 Å². The van der Waals surface area contributed by atoms with Gasteiger partial charge in [0.15, 0.2) is 0 Å². The molecule has 0 radical (unpaired) electrons. The maximum atomic E-state index is 2.77. The third-order valence-electron chi connectivity index (χ3n) is 4.44.